The van der Waals surface area contributed by atoms with Gasteiger partial charge in [0.2, 0.25) is 0 Å². The molecule has 2 aromatic carbocycles. The van der Waals surface area contributed by atoms with Gasteiger partial charge < -0.3 is 9.72 Å². The molecule has 0 aliphatic carbocycles. The fourth-order valence-electron chi connectivity index (χ4n) is 2.37. The number of ether oxygens (including phenoxy) is 1. The molecule has 0 aliphatic rings. The SMILES string of the molecule is COc1ccc(/C=C(/C=O)c2c[nH]c3ccccc23)cc1. The third kappa shape index (κ3) is 2.58. The second-order valence-corrected chi connectivity index (χ2v) is 4.74. The summed E-state index contributed by atoms with van der Waals surface area (Å²) in [5.41, 5.74) is 3.55. The van der Waals surface area contributed by atoms with Crippen molar-refractivity contribution in [3.8, 4) is 5.75 Å². The second-order valence-electron chi connectivity index (χ2n) is 4.74. The van der Waals surface area contributed by atoms with Crippen LogP contribution >= 0.6 is 0 Å². The largest absolute Gasteiger partial charge is 0.497 e. The third-order valence-corrected chi connectivity index (χ3v) is 3.47. The van der Waals surface area contributed by atoms with E-state index in [0.717, 1.165) is 34.1 Å². The Morgan fingerprint density at radius 2 is 1.86 bits per heavy atom. The van der Waals surface area contributed by atoms with Crippen molar-refractivity contribution in [3.63, 3.8) is 0 Å². The zero-order chi connectivity index (χ0) is 14.7. The first-order chi connectivity index (χ1) is 10.3. The van der Waals surface area contributed by atoms with Crippen LogP contribution in [0.1, 0.15) is 11.1 Å². The van der Waals surface area contributed by atoms with E-state index >= 15 is 0 Å². The van der Waals surface area contributed by atoms with Gasteiger partial charge in [-0.05, 0) is 29.8 Å². The second kappa shape index (κ2) is 5.67. The van der Waals surface area contributed by atoms with E-state index in [0.29, 0.717) is 5.57 Å². The number of methoxy groups -OCH3 is 1. The first kappa shape index (κ1) is 13.2. The van der Waals surface area contributed by atoms with Crippen LogP contribution in [0.5, 0.6) is 5.75 Å². The molecule has 1 heterocycles. The van der Waals surface area contributed by atoms with Crippen LogP contribution in [0.2, 0.25) is 0 Å². The minimum Gasteiger partial charge on any atom is -0.497 e. The van der Waals surface area contributed by atoms with Crippen molar-refractivity contribution < 1.29 is 9.53 Å². The van der Waals surface area contributed by atoms with Crippen LogP contribution in [0.25, 0.3) is 22.6 Å². The smallest absolute Gasteiger partial charge is 0.150 e. The quantitative estimate of drug-likeness (QED) is 0.580. The summed E-state index contributed by atoms with van der Waals surface area (Å²) in [6.45, 7) is 0. The summed E-state index contributed by atoms with van der Waals surface area (Å²) in [5.74, 6) is 0.798. The van der Waals surface area contributed by atoms with Crippen molar-refractivity contribution in [3.05, 3.63) is 65.9 Å². The highest BCUT2D eigenvalue weighted by Gasteiger charge is 2.07. The molecule has 0 saturated carbocycles. The van der Waals surface area contributed by atoms with Crippen LogP contribution in [0.4, 0.5) is 0 Å². The third-order valence-electron chi connectivity index (χ3n) is 3.47. The Hall–Kier alpha value is -2.81. The molecule has 0 bridgehead atoms. The predicted molar refractivity (Wildman–Crippen MR) is 85.2 cm³/mol. The number of aromatic amines is 1. The van der Waals surface area contributed by atoms with E-state index in [1.54, 1.807) is 7.11 Å². The number of aldehydes is 1. The van der Waals surface area contributed by atoms with Gasteiger partial charge in [-0.25, -0.2) is 0 Å². The van der Waals surface area contributed by atoms with Crippen molar-refractivity contribution >= 4 is 28.8 Å². The average Bonchev–Trinajstić information content (AvgIpc) is 2.97. The van der Waals surface area contributed by atoms with Gasteiger partial charge in [0.05, 0.1) is 7.11 Å². The topological polar surface area (TPSA) is 42.1 Å². The summed E-state index contributed by atoms with van der Waals surface area (Å²) in [6, 6.07) is 15.5. The number of aromatic nitrogens is 1. The number of H-pyrrole nitrogens is 1. The van der Waals surface area contributed by atoms with E-state index in [4.69, 9.17) is 4.74 Å². The number of rotatable bonds is 4. The normalized spacial score (nSPS) is 11.6. The van der Waals surface area contributed by atoms with E-state index < -0.39 is 0 Å². The molecule has 0 atom stereocenters. The van der Waals surface area contributed by atoms with Crippen LogP contribution in [0.3, 0.4) is 0 Å². The maximum atomic E-state index is 11.5. The van der Waals surface area contributed by atoms with Crippen molar-refractivity contribution in [1.82, 2.24) is 4.98 Å². The zero-order valence-electron chi connectivity index (χ0n) is 11.7. The molecule has 3 aromatic rings. The molecule has 0 fully saturated rings. The predicted octanol–water partition coefficient (Wildman–Crippen LogP) is 3.92. The molecular weight excluding hydrogens is 262 g/mol. The number of fused-ring (bicyclic) bond motifs is 1. The number of allylic oxidation sites excluding steroid dienone is 1. The number of carbonyl (C=O) groups is 1. The number of hydrogen-bond acceptors (Lipinski definition) is 2. The Morgan fingerprint density at radius 3 is 2.57 bits per heavy atom. The molecule has 0 aliphatic heterocycles. The lowest BCUT2D eigenvalue weighted by Crippen LogP contribution is -1.86. The van der Waals surface area contributed by atoms with E-state index in [1.165, 1.54) is 0 Å². The number of nitrogens with one attached hydrogen (secondary N) is 1. The Kier molecular flexibility index (Phi) is 3.56. The molecule has 3 heteroatoms. The summed E-state index contributed by atoms with van der Waals surface area (Å²) >= 11 is 0. The molecule has 3 nitrogen and oxygen atoms in total. The number of benzene rings is 2. The highest BCUT2D eigenvalue weighted by atomic mass is 16.5. The summed E-state index contributed by atoms with van der Waals surface area (Å²) in [6.07, 6.45) is 4.64. The number of para-hydroxylation sites is 1. The van der Waals surface area contributed by atoms with Gasteiger partial charge in [-0.1, -0.05) is 30.3 Å². The standard InChI is InChI=1S/C18H15NO2/c1-21-15-8-6-13(7-9-15)10-14(12-20)17-11-19-18-5-3-2-4-16(17)18/h2-12,19H,1H3/b14-10-. The lowest BCUT2D eigenvalue weighted by molar-refractivity contribution is -0.103. The van der Waals surface area contributed by atoms with Crippen LogP contribution in [-0.2, 0) is 4.79 Å². The highest BCUT2D eigenvalue weighted by molar-refractivity contribution is 6.17. The van der Waals surface area contributed by atoms with Gasteiger partial charge in [-0.3, -0.25) is 4.79 Å². The van der Waals surface area contributed by atoms with Crippen LogP contribution < -0.4 is 4.74 Å². The molecule has 1 N–H and O–H groups in total. The Balaban J connectivity index is 2.04. The number of carbonyl (C=O) groups excluding carboxylic acids is 1. The van der Waals surface area contributed by atoms with Crippen molar-refractivity contribution in [1.29, 1.82) is 0 Å². The van der Waals surface area contributed by atoms with E-state index in [9.17, 15) is 4.79 Å². The number of hydrogen-bond donors (Lipinski definition) is 1. The van der Waals surface area contributed by atoms with Gasteiger partial charge in [0.1, 0.15) is 5.75 Å². The molecule has 0 saturated heterocycles. The molecular formula is C18H15NO2. The summed E-state index contributed by atoms with van der Waals surface area (Å²) in [4.78, 5) is 14.7. The van der Waals surface area contributed by atoms with Crippen molar-refractivity contribution in [2.75, 3.05) is 7.11 Å². The van der Waals surface area contributed by atoms with Gasteiger partial charge in [-0.15, -0.1) is 0 Å². The maximum absolute atomic E-state index is 11.5. The minimum absolute atomic E-state index is 0.651. The zero-order valence-corrected chi connectivity index (χ0v) is 11.7. The van der Waals surface area contributed by atoms with Gasteiger partial charge in [-0.2, -0.15) is 0 Å². The molecule has 0 spiro atoms. The monoisotopic (exact) mass is 277 g/mol. The van der Waals surface area contributed by atoms with Gasteiger partial charge in [0.15, 0.2) is 6.29 Å². The first-order valence-corrected chi connectivity index (χ1v) is 6.69. The molecule has 1 aromatic heterocycles. The fraction of sp³-hybridized carbons (Fsp3) is 0.0556. The van der Waals surface area contributed by atoms with Crippen LogP contribution in [0, 0.1) is 0 Å². The maximum Gasteiger partial charge on any atom is 0.150 e. The van der Waals surface area contributed by atoms with E-state index in [1.807, 2.05) is 60.8 Å². The minimum atomic E-state index is 0.651. The Labute approximate surface area is 122 Å². The fourth-order valence-corrected chi connectivity index (χ4v) is 2.37. The van der Waals surface area contributed by atoms with Crippen LogP contribution in [0.15, 0.2) is 54.7 Å². The molecule has 3 rings (SSSR count). The molecule has 0 radical (unpaired) electrons. The highest BCUT2D eigenvalue weighted by Crippen LogP contribution is 2.25. The van der Waals surface area contributed by atoms with Crippen LogP contribution in [-0.4, -0.2) is 18.4 Å². The lowest BCUT2D eigenvalue weighted by atomic mass is 10.0. The van der Waals surface area contributed by atoms with Gasteiger partial charge in [0, 0.05) is 28.2 Å². The lowest BCUT2D eigenvalue weighted by Gasteiger charge is -2.02. The van der Waals surface area contributed by atoms with E-state index in [2.05, 4.69) is 4.98 Å². The Morgan fingerprint density at radius 1 is 1.10 bits per heavy atom. The molecule has 21 heavy (non-hydrogen) atoms. The molecule has 0 amide bonds. The van der Waals surface area contributed by atoms with Crippen molar-refractivity contribution in [2.45, 2.75) is 0 Å². The molecule has 0 unspecified atom stereocenters. The summed E-state index contributed by atoms with van der Waals surface area (Å²) < 4.78 is 5.14. The first-order valence-electron chi connectivity index (χ1n) is 6.69. The van der Waals surface area contributed by atoms with E-state index in [-0.39, 0.29) is 0 Å². The van der Waals surface area contributed by atoms with Crippen molar-refractivity contribution in [2.24, 2.45) is 0 Å². The van der Waals surface area contributed by atoms with Gasteiger partial charge >= 0.3 is 0 Å². The summed E-state index contributed by atoms with van der Waals surface area (Å²) in [7, 11) is 1.63. The Bertz CT molecular complexity index is 797. The van der Waals surface area contributed by atoms with Gasteiger partial charge in [0.25, 0.3) is 0 Å². The average molecular weight is 277 g/mol. The summed E-state index contributed by atoms with van der Waals surface area (Å²) in [5, 5.41) is 1.05. The molecule has 104 valence electrons.